The summed E-state index contributed by atoms with van der Waals surface area (Å²) in [6, 6.07) is 3.26. The molecule has 1 aromatic carbocycles. The Morgan fingerprint density at radius 1 is 1.55 bits per heavy atom. The van der Waals surface area contributed by atoms with Crippen LogP contribution >= 0.6 is 51.5 Å². The van der Waals surface area contributed by atoms with Gasteiger partial charge < -0.3 is 5.11 Å². The molecule has 104 valence electrons. The van der Waals surface area contributed by atoms with Gasteiger partial charge in [-0.25, -0.2) is 0 Å². The fourth-order valence-electron chi connectivity index (χ4n) is 1.62. The quantitative estimate of drug-likeness (QED) is 0.477. The van der Waals surface area contributed by atoms with Gasteiger partial charge in [0.2, 0.25) is 0 Å². The number of phenolic OH excluding ortho intramolecular Hbond substituents is 1. The molecule has 0 unspecified atom stereocenters. The summed E-state index contributed by atoms with van der Waals surface area (Å²) >= 11 is 15.5. The van der Waals surface area contributed by atoms with Crippen LogP contribution in [0, 0.1) is 0 Å². The van der Waals surface area contributed by atoms with E-state index in [4.69, 9.17) is 23.8 Å². The summed E-state index contributed by atoms with van der Waals surface area (Å²) in [5.41, 5.74) is 0.462. The van der Waals surface area contributed by atoms with Crippen LogP contribution in [0.3, 0.4) is 0 Å². The Morgan fingerprint density at radius 3 is 2.90 bits per heavy atom. The standard InChI is InChI=1S/C13H9BrClNO2S2/c1-2-3-16-12(18)10(20-13(16)19)5-7-4-8(14)6-9(15)11(7)17/h2,4-6,17H,1,3H2. The third-order valence-electron chi connectivity index (χ3n) is 2.53. The van der Waals surface area contributed by atoms with Crippen molar-refractivity contribution < 1.29 is 9.90 Å². The molecule has 1 saturated heterocycles. The van der Waals surface area contributed by atoms with Crippen LogP contribution in [0.1, 0.15) is 5.56 Å². The Morgan fingerprint density at radius 2 is 2.25 bits per heavy atom. The minimum Gasteiger partial charge on any atom is -0.506 e. The molecule has 3 nitrogen and oxygen atoms in total. The zero-order valence-corrected chi connectivity index (χ0v) is 14.1. The van der Waals surface area contributed by atoms with Gasteiger partial charge in [0.15, 0.2) is 0 Å². The number of hydrogen-bond donors (Lipinski definition) is 1. The largest absolute Gasteiger partial charge is 0.506 e. The molecule has 2 rings (SSSR count). The minimum absolute atomic E-state index is 0.0659. The highest BCUT2D eigenvalue weighted by Gasteiger charge is 2.31. The SMILES string of the molecule is C=CCN1C(=O)C(=Cc2cc(Br)cc(Cl)c2O)SC1=S. The number of hydrogen-bond acceptors (Lipinski definition) is 4. The molecule has 1 N–H and O–H groups in total. The van der Waals surface area contributed by atoms with Crippen LogP contribution < -0.4 is 0 Å². The van der Waals surface area contributed by atoms with Crippen LogP contribution in [0.15, 0.2) is 34.2 Å². The lowest BCUT2D eigenvalue weighted by atomic mass is 10.2. The molecule has 1 aliphatic heterocycles. The van der Waals surface area contributed by atoms with Gasteiger partial charge in [0.25, 0.3) is 5.91 Å². The van der Waals surface area contributed by atoms with Gasteiger partial charge in [-0.2, -0.15) is 0 Å². The van der Waals surface area contributed by atoms with E-state index in [1.807, 2.05) is 0 Å². The second-order valence-corrected chi connectivity index (χ2v) is 6.91. The zero-order chi connectivity index (χ0) is 14.9. The summed E-state index contributed by atoms with van der Waals surface area (Å²) < 4.78 is 1.19. The molecule has 0 spiro atoms. The third kappa shape index (κ3) is 3.09. The van der Waals surface area contributed by atoms with Gasteiger partial charge in [-0.15, -0.1) is 6.58 Å². The highest BCUT2D eigenvalue weighted by Crippen LogP contribution is 2.37. The smallest absolute Gasteiger partial charge is 0.266 e. The topological polar surface area (TPSA) is 40.5 Å². The zero-order valence-electron chi connectivity index (χ0n) is 10.1. The first kappa shape index (κ1) is 15.6. The van der Waals surface area contributed by atoms with Crippen molar-refractivity contribution in [1.29, 1.82) is 0 Å². The second-order valence-electron chi connectivity index (χ2n) is 3.91. The lowest BCUT2D eigenvalue weighted by molar-refractivity contribution is -0.121. The second kappa shape index (κ2) is 6.30. The number of phenols is 1. The van der Waals surface area contributed by atoms with Gasteiger partial charge in [0.1, 0.15) is 10.1 Å². The molecular formula is C13H9BrClNO2S2. The minimum atomic E-state index is -0.199. The van der Waals surface area contributed by atoms with Crippen LogP contribution in [0.2, 0.25) is 5.02 Å². The molecule has 1 amide bonds. The maximum Gasteiger partial charge on any atom is 0.266 e. The van der Waals surface area contributed by atoms with Crippen LogP contribution in [0.25, 0.3) is 6.08 Å². The summed E-state index contributed by atoms with van der Waals surface area (Å²) in [4.78, 5) is 14.1. The van der Waals surface area contributed by atoms with E-state index < -0.39 is 0 Å². The van der Waals surface area contributed by atoms with Gasteiger partial charge in [-0.3, -0.25) is 9.69 Å². The Hall–Kier alpha value is -0.820. The summed E-state index contributed by atoms with van der Waals surface area (Å²) in [5.74, 6) is -0.265. The van der Waals surface area contributed by atoms with Gasteiger partial charge >= 0.3 is 0 Å². The molecule has 1 fully saturated rings. The van der Waals surface area contributed by atoms with Gasteiger partial charge in [0.05, 0.1) is 9.93 Å². The molecule has 1 aliphatic rings. The molecule has 0 bridgehead atoms. The first-order valence-electron chi connectivity index (χ1n) is 5.48. The Balaban J connectivity index is 2.40. The summed E-state index contributed by atoms with van der Waals surface area (Å²) in [5, 5.41) is 10.1. The van der Waals surface area contributed by atoms with Crippen LogP contribution in [0.5, 0.6) is 5.75 Å². The average Bonchev–Trinajstić information content (AvgIpc) is 2.63. The van der Waals surface area contributed by atoms with E-state index in [0.29, 0.717) is 25.8 Å². The molecular weight excluding hydrogens is 382 g/mol. The number of halogens is 2. The molecule has 0 radical (unpaired) electrons. The molecule has 7 heteroatoms. The van der Waals surface area contributed by atoms with E-state index in [1.165, 1.54) is 16.7 Å². The van der Waals surface area contributed by atoms with E-state index >= 15 is 0 Å². The normalized spacial score (nSPS) is 17.1. The van der Waals surface area contributed by atoms with E-state index in [2.05, 4.69) is 22.5 Å². The van der Waals surface area contributed by atoms with Crippen molar-refractivity contribution in [3.8, 4) is 5.75 Å². The molecule has 0 atom stereocenters. The number of carbonyl (C=O) groups excluding carboxylic acids is 1. The number of benzene rings is 1. The predicted octanol–water partition coefficient (Wildman–Crippen LogP) is 4.20. The highest BCUT2D eigenvalue weighted by atomic mass is 79.9. The van der Waals surface area contributed by atoms with Crippen LogP contribution in [-0.2, 0) is 4.79 Å². The third-order valence-corrected chi connectivity index (χ3v) is 4.65. The number of carbonyl (C=O) groups is 1. The molecule has 0 aromatic heterocycles. The maximum absolute atomic E-state index is 12.2. The fourth-order valence-corrected chi connectivity index (χ4v) is 3.72. The Kier molecular flexibility index (Phi) is 4.90. The number of nitrogens with zero attached hydrogens (tertiary/aromatic N) is 1. The molecule has 1 heterocycles. The molecule has 1 aromatic rings. The number of aromatic hydroxyl groups is 1. The number of thiocarbonyl (C=S) groups is 1. The lowest BCUT2D eigenvalue weighted by Crippen LogP contribution is -2.27. The van der Waals surface area contributed by atoms with E-state index in [9.17, 15) is 9.90 Å². The monoisotopic (exact) mass is 389 g/mol. The van der Waals surface area contributed by atoms with Gasteiger partial charge in [0, 0.05) is 16.6 Å². The van der Waals surface area contributed by atoms with Crippen molar-refractivity contribution in [1.82, 2.24) is 4.90 Å². The van der Waals surface area contributed by atoms with E-state index in [0.717, 1.165) is 0 Å². The van der Waals surface area contributed by atoms with Gasteiger partial charge in [-0.1, -0.05) is 57.6 Å². The van der Waals surface area contributed by atoms with Gasteiger partial charge in [-0.05, 0) is 18.2 Å². The van der Waals surface area contributed by atoms with Crippen molar-refractivity contribution >= 4 is 67.8 Å². The molecule has 0 aliphatic carbocycles. The highest BCUT2D eigenvalue weighted by molar-refractivity contribution is 9.10. The van der Waals surface area contributed by atoms with E-state index in [1.54, 1.807) is 24.3 Å². The maximum atomic E-state index is 12.2. The van der Waals surface area contributed by atoms with Crippen molar-refractivity contribution in [2.24, 2.45) is 0 Å². The average molecular weight is 391 g/mol. The van der Waals surface area contributed by atoms with Crippen molar-refractivity contribution in [3.63, 3.8) is 0 Å². The van der Waals surface area contributed by atoms with Crippen molar-refractivity contribution in [3.05, 3.63) is 44.8 Å². The summed E-state index contributed by atoms with van der Waals surface area (Å²) in [6.07, 6.45) is 3.19. The van der Waals surface area contributed by atoms with E-state index in [-0.39, 0.29) is 16.7 Å². The molecule has 20 heavy (non-hydrogen) atoms. The van der Waals surface area contributed by atoms with Crippen molar-refractivity contribution in [2.45, 2.75) is 0 Å². The van der Waals surface area contributed by atoms with Crippen LogP contribution in [0.4, 0.5) is 0 Å². The number of amides is 1. The number of rotatable bonds is 3. The summed E-state index contributed by atoms with van der Waals surface area (Å²) in [6.45, 7) is 3.96. The molecule has 0 saturated carbocycles. The Bertz CT molecular complexity index is 646. The van der Waals surface area contributed by atoms with Crippen LogP contribution in [-0.4, -0.2) is 26.8 Å². The first-order valence-corrected chi connectivity index (χ1v) is 7.88. The lowest BCUT2D eigenvalue weighted by Gasteiger charge is -2.10. The summed E-state index contributed by atoms with van der Waals surface area (Å²) in [7, 11) is 0. The number of thioether (sulfide) groups is 1. The predicted molar refractivity (Wildman–Crippen MR) is 90.9 cm³/mol. The fraction of sp³-hybridized carbons (Fsp3) is 0.0769. The first-order chi connectivity index (χ1) is 9.43. The Labute approximate surface area is 139 Å². The van der Waals surface area contributed by atoms with Crippen molar-refractivity contribution in [2.75, 3.05) is 6.54 Å².